The average Bonchev–Trinajstić information content (AvgIpc) is 1.12. The Morgan fingerprint density at radius 2 is 0.636 bits per heavy atom. The van der Waals surface area contributed by atoms with Crippen molar-refractivity contribution >= 4 is 0 Å². The van der Waals surface area contributed by atoms with Gasteiger partial charge >= 0.3 is 74.4 Å². The first kappa shape index (κ1) is 17.4. The summed E-state index contributed by atoms with van der Waals surface area (Å²) in [6, 6.07) is 0. The molecule has 0 aliphatic rings. The standard InChI is InChI=1S/Fe.2Mn.8O/q+2;;;;;;;;;2*-1. The summed E-state index contributed by atoms with van der Waals surface area (Å²) in [5, 5.41) is 0. The van der Waals surface area contributed by atoms with Crippen molar-refractivity contribution < 1.29 is 74.4 Å². The van der Waals surface area contributed by atoms with E-state index in [2.05, 4.69) is 0 Å². The first-order chi connectivity index (χ1) is 4.00. The van der Waals surface area contributed by atoms with E-state index in [1.807, 2.05) is 0 Å². The van der Waals surface area contributed by atoms with Gasteiger partial charge in [-0.25, -0.2) is 0 Å². The van der Waals surface area contributed by atoms with Crippen LogP contribution < -0.4 is 8.38 Å². The number of hydrogen-bond donors (Lipinski definition) is 0. The summed E-state index contributed by atoms with van der Waals surface area (Å²) in [5.41, 5.74) is 0. The number of hydrogen-bond acceptors (Lipinski definition) is 8. The summed E-state index contributed by atoms with van der Waals surface area (Å²) in [7, 11) is 0. The predicted octanol–water partition coefficient (Wildman–Crippen LogP) is -3.10. The van der Waals surface area contributed by atoms with Gasteiger partial charge in [-0.2, -0.15) is 0 Å². The van der Waals surface area contributed by atoms with Crippen molar-refractivity contribution in [3.05, 3.63) is 0 Å². The molecular formula is FeMn2O8. The molecule has 0 unspecified atom stereocenters. The molecule has 0 aromatic rings. The average molecular weight is 294 g/mol. The predicted molar refractivity (Wildman–Crippen MR) is 4.12 cm³/mol. The second kappa shape index (κ2) is 5.87. The third kappa shape index (κ3) is 9090. The van der Waals surface area contributed by atoms with Crippen molar-refractivity contribution in [1.82, 2.24) is 0 Å². The van der Waals surface area contributed by atoms with E-state index in [-0.39, 0.29) is 17.1 Å². The van der Waals surface area contributed by atoms with Crippen LogP contribution in [0.3, 0.4) is 0 Å². The molecule has 0 aromatic heterocycles. The SMILES string of the molecule is [Fe+2].[O]=[Mn](=[O])(=[O])[O-].[O]=[Mn](=[O])(=[O])[O-]. The van der Waals surface area contributed by atoms with Crippen LogP contribution in [-0.4, -0.2) is 0 Å². The molecule has 0 radical (unpaired) electrons. The molecule has 0 heterocycles. The van der Waals surface area contributed by atoms with Gasteiger partial charge < -0.3 is 0 Å². The maximum atomic E-state index is 8.58. The van der Waals surface area contributed by atoms with Crippen molar-refractivity contribution in [3.63, 3.8) is 0 Å². The van der Waals surface area contributed by atoms with E-state index in [4.69, 9.17) is 31.4 Å². The summed E-state index contributed by atoms with van der Waals surface area (Å²) in [5.74, 6) is 0. The van der Waals surface area contributed by atoms with Crippen LogP contribution in [-0.2, 0) is 66.0 Å². The van der Waals surface area contributed by atoms with Crippen LogP contribution in [0.2, 0.25) is 0 Å². The van der Waals surface area contributed by atoms with E-state index in [9.17, 15) is 0 Å². The summed E-state index contributed by atoms with van der Waals surface area (Å²) < 4.78 is 68.6. The summed E-state index contributed by atoms with van der Waals surface area (Å²) in [4.78, 5) is 0. The molecule has 0 rings (SSSR count). The summed E-state index contributed by atoms with van der Waals surface area (Å²) >= 11 is -11.2. The van der Waals surface area contributed by atoms with Gasteiger partial charge in [-0.3, -0.25) is 0 Å². The molecule has 0 aromatic carbocycles. The molecule has 0 saturated carbocycles. The van der Waals surface area contributed by atoms with Gasteiger partial charge in [0, 0.05) is 0 Å². The van der Waals surface area contributed by atoms with Gasteiger partial charge in [-0.15, -0.1) is 0 Å². The van der Waals surface area contributed by atoms with Crippen molar-refractivity contribution in [2.75, 3.05) is 0 Å². The zero-order chi connectivity index (χ0) is 9.00. The van der Waals surface area contributed by atoms with Gasteiger partial charge in [0.05, 0.1) is 0 Å². The molecule has 0 amide bonds. The first-order valence-corrected chi connectivity index (χ1v) is 5.09. The minimum atomic E-state index is -5.62. The summed E-state index contributed by atoms with van der Waals surface area (Å²) in [6.45, 7) is 0. The minimum absolute atomic E-state index is 0. The fraction of sp³-hybridized carbons (Fsp3) is 0. The molecule has 0 saturated heterocycles. The quantitative estimate of drug-likeness (QED) is 0.426. The second-order valence-electron chi connectivity index (χ2n) is 0.756. The molecule has 0 N–H and O–H groups in total. The van der Waals surface area contributed by atoms with Gasteiger partial charge in [0.25, 0.3) is 0 Å². The van der Waals surface area contributed by atoms with E-state index >= 15 is 0 Å². The van der Waals surface area contributed by atoms with E-state index in [1.165, 1.54) is 0 Å². The van der Waals surface area contributed by atoms with E-state index < -0.39 is 25.9 Å². The molecule has 0 bridgehead atoms. The fourth-order valence-corrected chi connectivity index (χ4v) is 0. The van der Waals surface area contributed by atoms with Crippen LogP contribution in [0.1, 0.15) is 0 Å². The Morgan fingerprint density at radius 3 is 0.636 bits per heavy atom. The molecule has 0 fully saturated rings. The Hall–Kier alpha value is 0.278. The van der Waals surface area contributed by atoms with Gasteiger partial charge in [0.2, 0.25) is 0 Å². The Kier molecular flexibility index (Phi) is 9.28. The van der Waals surface area contributed by atoms with Crippen molar-refractivity contribution in [2.24, 2.45) is 0 Å². The molecule has 0 spiro atoms. The molecule has 0 atom stereocenters. The Bertz CT molecular complexity index is 296. The van der Waals surface area contributed by atoms with Crippen LogP contribution in [0.15, 0.2) is 0 Å². The molecule has 0 aliphatic heterocycles. The Morgan fingerprint density at radius 1 is 0.636 bits per heavy atom. The van der Waals surface area contributed by atoms with Crippen LogP contribution >= 0.6 is 0 Å². The molecule has 11 heteroatoms. The molecule has 70 valence electrons. The van der Waals surface area contributed by atoms with Gasteiger partial charge in [0.1, 0.15) is 0 Å². The third-order valence-corrected chi connectivity index (χ3v) is 0. The van der Waals surface area contributed by atoms with Gasteiger partial charge in [-0.05, 0) is 0 Å². The van der Waals surface area contributed by atoms with Crippen molar-refractivity contribution in [1.29, 1.82) is 0 Å². The van der Waals surface area contributed by atoms with Crippen LogP contribution in [0.25, 0.3) is 0 Å². The molecular weight excluding hydrogens is 294 g/mol. The van der Waals surface area contributed by atoms with E-state index in [0.29, 0.717) is 0 Å². The van der Waals surface area contributed by atoms with Gasteiger partial charge in [-0.1, -0.05) is 0 Å². The molecule has 8 nitrogen and oxygen atoms in total. The van der Waals surface area contributed by atoms with Crippen LogP contribution in [0.4, 0.5) is 0 Å². The number of rotatable bonds is 0. The monoisotopic (exact) mass is 294 g/mol. The molecule has 0 aliphatic carbocycles. The van der Waals surface area contributed by atoms with E-state index in [0.717, 1.165) is 0 Å². The second-order valence-corrected chi connectivity index (χ2v) is 3.12. The maximum absolute atomic E-state index is 8.58. The van der Waals surface area contributed by atoms with Crippen molar-refractivity contribution in [2.45, 2.75) is 0 Å². The van der Waals surface area contributed by atoms with Crippen LogP contribution in [0.5, 0.6) is 0 Å². The topological polar surface area (TPSA) is 149 Å². The zero-order valence-electron chi connectivity index (χ0n) is 4.38. The molecule has 11 heavy (non-hydrogen) atoms. The van der Waals surface area contributed by atoms with Crippen molar-refractivity contribution in [3.8, 4) is 0 Å². The fourth-order valence-electron chi connectivity index (χ4n) is 0. The van der Waals surface area contributed by atoms with E-state index in [1.54, 1.807) is 0 Å². The third-order valence-electron chi connectivity index (χ3n) is 0. The summed E-state index contributed by atoms with van der Waals surface area (Å²) in [6.07, 6.45) is 0. The van der Waals surface area contributed by atoms with Gasteiger partial charge in [0.15, 0.2) is 0 Å². The first-order valence-electron chi connectivity index (χ1n) is 1.23. The zero-order valence-corrected chi connectivity index (χ0v) is 7.84. The Balaban J connectivity index is -0.000000107. The van der Waals surface area contributed by atoms with Crippen LogP contribution in [0, 0.1) is 0 Å². The normalized spacial score (nSPS) is 10.4. The Labute approximate surface area is 74.4 Å².